The van der Waals surface area contributed by atoms with Gasteiger partial charge in [-0.05, 0) is 49.3 Å². The topological polar surface area (TPSA) is 102 Å². The van der Waals surface area contributed by atoms with Crippen LogP contribution in [-0.4, -0.2) is 36.5 Å². The normalized spacial score (nSPS) is 18.5. The molecule has 1 heterocycles. The van der Waals surface area contributed by atoms with E-state index in [1.165, 1.54) is 11.6 Å². The van der Waals surface area contributed by atoms with Gasteiger partial charge in [-0.3, -0.25) is 19.7 Å². The number of carbonyl (C=O) groups excluding carboxylic acids is 2. The number of esters is 1. The quantitative estimate of drug-likeness (QED) is 0.421. The predicted molar refractivity (Wildman–Crippen MR) is 119 cm³/mol. The molecule has 2 aromatic carbocycles. The molecule has 1 saturated heterocycles. The molecule has 0 spiro atoms. The van der Waals surface area contributed by atoms with E-state index in [0.717, 1.165) is 24.8 Å². The molecule has 1 atom stereocenters. The van der Waals surface area contributed by atoms with Crippen molar-refractivity contribution >= 4 is 23.3 Å². The van der Waals surface area contributed by atoms with Crippen molar-refractivity contribution in [1.82, 2.24) is 5.32 Å². The molecule has 168 valence electrons. The molecule has 32 heavy (non-hydrogen) atoms. The van der Waals surface area contributed by atoms with Crippen LogP contribution in [0.1, 0.15) is 42.9 Å². The Bertz CT molecular complexity index is 1000. The molecule has 0 bridgehead atoms. The van der Waals surface area contributed by atoms with Crippen LogP contribution in [-0.2, 0) is 20.7 Å². The Hall–Kier alpha value is -3.42. The zero-order valence-corrected chi connectivity index (χ0v) is 17.9. The minimum atomic E-state index is -0.390. The molecule has 0 unspecified atom stereocenters. The Morgan fingerprint density at radius 3 is 2.56 bits per heavy atom. The van der Waals surface area contributed by atoms with Crippen LogP contribution in [0.4, 0.5) is 11.4 Å². The van der Waals surface area contributed by atoms with Gasteiger partial charge in [0, 0.05) is 19.2 Å². The Labute approximate surface area is 186 Å². The highest BCUT2D eigenvalue weighted by atomic mass is 16.6. The number of rotatable bonds is 6. The van der Waals surface area contributed by atoms with E-state index in [2.05, 4.69) is 11.4 Å². The summed E-state index contributed by atoms with van der Waals surface area (Å²) in [6.07, 6.45) is 3.97. The Morgan fingerprint density at radius 1 is 1.06 bits per heavy atom. The molecule has 0 saturated carbocycles. The fraction of sp³-hybridized carbons (Fsp3) is 0.417. The van der Waals surface area contributed by atoms with Gasteiger partial charge in [-0.15, -0.1) is 0 Å². The molecule has 2 aliphatic rings. The molecular weight excluding hydrogens is 410 g/mol. The number of nitro groups is 1. The number of nitro benzene ring substituents is 1. The van der Waals surface area contributed by atoms with Gasteiger partial charge in [-0.1, -0.05) is 36.4 Å². The van der Waals surface area contributed by atoms with Gasteiger partial charge in [-0.2, -0.15) is 0 Å². The summed E-state index contributed by atoms with van der Waals surface area (Å²) >= 11 is 0. The first-order valence-electron chi connectivity index (χ1n) is 11.0. The van der Waals surface area contributed by atoms with Crippen LogP contribution in [0.5, 0.6) is 0 Å². The van der Waals surface area contributed by atoms with Crippen LogP contribution in [0.25, 0.3) is 0 Å². The Morgan fingerprint density at radius 2 is 1.78 bits per heavy atom. The number of carbonyl (C=O) groups is 2. The van der Waals surface area contributed by atoms with Gasteiger partial charge in [0.1, 0.15) is 5.69 Å². The van der Waals surface area contributed by atoms with Gasteiger partial charge >= 0.3 is 5.97 Å². The summed E-state index contributed by atoms with van der Waals surface area (Å²) in [5.74, 6) is -0.985. The third-order valence-electron chi connectivity index (χ3n) is 6.30. The molecule has 1 aliphatic carbocycles. The number of benzene rings is 2. The van der Waals surface area contributed by atoms with Gasteiger partial charge in [0.25, 0.3) is 11.6 Å². The van der Waals surface area contributed by atoms with Crippen LogP contribution in [0.3, 0.4) is 0 Å². The maximum atomic E-state index is 12.5. The molecule has 4 rings (SSSR count). The first-order chi connectivity index (χ1) is 15.5. The van der Waals surface area contributed by atoms with Crippen molar-refractivity contribution in [3.8, 4) is 0 Å². The van der Waals surface area contributed by atoms with Crippen molar-refractivity contribution in [3.63, 3.8) is 0 Å². The van der Waals surface area contributed by atoms with Gasteiger partial charge in [0.2, 0.25) is 0 Å². The largest absolute Gasteiger partial charge is 0.455 e. The summed E-state index contributed by atoms with van der Waals surface area (Å²) in [5.41, 5.74) is 3.03. The van der Waals surface area contributed by atoms with Crippen molar-refractivity contribution in [2.75, 3.05) is 24.6 Å². The fourth-order valence-corrected chi connectivity index (χ4v) is 4.64. The molecule has 1 amide bonds. The summed E-state index contributed by atoms with van der Waals surface area (Å²) in [6.45, 7) is 0.757. The number of ether oxygens (including phenoxy) is 1. The first kappa shape index (κ1) is 21.8. The van der Waals surface area contributed by atoms with Crippen molar-refractivity contribution in [2.45, 2.75) is 38.1 Å². The predicted octanol–water partition coefficient (Wildman–Crippen LogP) is 3.55. The smallest absolute Gasteiger partial charge is 0.309 e. The standard InChI is InChI=1S/C24H27N3O5/c28-23(25-20-9-5-7-17-6-1-2-8-19(17)20)16-32-24(29)18-12-14-26(15-13-18)21-10-3-4-11-22(21)27(30)31/h1-4,6,8,10-11,18,20H,5,7,9,12-16H2,(H,25,28)/t20-/m1/s1. The number of hydrogen-bond acceptors (Lipinski definition) is 6. The summed E-state index contributed by atoms with van der Waals surface area (Å²) < 4.78 is 5.30. The van der Waals surface area contributed by atoms with Crippen molar-refractivity contribution in [3.05, 3.63) is 69.8 Å². The highest BCUT2D eigenvalue weighted by Gasteiger charge is 2.29. The van der Waals surface area contributed by atoms with Crippen LogP contribution >= 0.6 is 0 Å². The lowest BCUT2D eigenvalue weighted by Crippen LogP contribution is -2.39. The van der Waals surface area contributed by atoms with Crippen molar-refractivity contribution < 1.29 is 19.2 Å². The summed E-state index contributed by atoms with van der Waals surface area (Å²) in [7, 11) is 0. The lowest BCUT2D eigenvalue weighted by molar-refractivity contribution is -0.384. The fourth-order valence-electron chi connectivity index (χ4n) is 4.64. The zero-order valence-electron chi connectivity index (χ0n) is 17.9. The molecule has 1 N–H and O–H groups in total. The second kappa shape index (κ2) is 9.80. The van der Waals surface area contributed by atoms with Gasteiger partial charge in [0.05, 0.1) is 16.9 Å². The number of para-hydroxylation sites is 2. The van der Waals surface area contributed by atoms with Crippen LogP contribution in [0.2, 0.25) is 0 Å². The number of piperidine rings is 1. The van der Waals surface area contributed by atoms with Gasteiger partial charge in [-0.25, -0.2) is 0 Å². The van der Waals surface area contributed by atoms with Crippen LogP contribution in [0, 0.1) is 16.0 Å². The van der Waals surface area contributed by atoms with Crippen LogP contribution < -0.4 is 10.2 Å². The van der Waals surface area contributed by atoms with E-state index < -0.39 is 0 Å². The molecule has 8 nitrogen and oxygen atoms in total. The van der Waals surface area contributed by atoms with E-state index in [-0.39, 0.29) is 41.1 Å². The molecule has 1 fully saturated rings. The SMILES string of the molecule is O=C(COC(=O)C1CCN(c2ccccc2[N+](=O)[O-])CC1)N[C@@H]1CCCc2ccccc21. The van der Waals surface area contributed by atoms with E-state index in [0.29, 0.717) is 31.6 Å². The number of hydrogen-bond donors (Lipinski definition) is 1. The van der Waals surface area contributed by atoms with Crippen LogP contribution in [0.15, 0.2) is 48.5 Å². The van der Waals surface area contributed by atoms with Gasteiger partial charge in [0.15, 0.2) is 6.61 Å². The summed E-state index contributed by atoms with van der Waals surface area (Å²) in [5, 5.41) is 14.3. The maximum absolute atomic E-state index is 12.5. The van der Waals surface area contributed by atoms with E-state index in [9.17, 15) is 19.7 Å². The minimum Gasteiger partial charge on any atom is -0.455 e. The number of aryl methyl sites for hydroxylation is 1. The molecule has 1 aliphatic heterocycles. The molecule has 2 aromatic rings. The lowest BCUT2D eigenvalue weighted by atomic mass is 9.88. The van der Waals surface area contributed by atoms with Crippen molar-refractivity contribution in [1.29, 1.82) is 0 Å². The van der Waals surface area contributed by atoms with Gasteiger partial charge < -0.3 is 15.0 Å². The second-order valence-electron chi connectivity index (χ2n) is 8.33. The number of anilines is 1. The third-order valence-corrected chi connectivity index (χ3v) is 6.30. The average molecular weight is 437 g/mol. The van der Waals surface area contributed by atoms with E-state index >= 15 is 0 Å². The van der Waals surface area contributed by atoms with Crippen molar-refractivity contribution in [2.24, 2.45) is 5.92 Å². The molecular formula is C24H27N3O5. The van der Waals surface area contributed by atoms with E-state index in [4.69, 9.17) is 4.74 Å². The molecule has 8 heteroatoms. The number of amides is 1. The highest BCUT2D eigenvalue weighted by molar-refractivity contribution is 5.81. The third kappa shape index (κ3) is 4.90. The molecule has 0 aromatic heterocycles. The second-order valence-corrected chi connectivity index (χ2v) is 8.33. The number of nitrogens with one attached hydrogen (secondary N) is 1. The monoisotopic (exact) mass is 437 g/mol. The van der Waals surface area contributed by atoms with E-state index in [1.54, 1.807) is 18.2 Å². The zero-order chi connectivity index (χ0) is 22.5. The lowest BCUT2D eigenvalue weighted by Gasteiger charge is -2.32. The maximum Gasteiger partial charge on any atom is 0.309 e. The highest BCUT2D eigenvalue weighted by Crippen LogP contribution is 2.32. The summed E-state index contributed by atoms with van der Waals surface area (Å²) in [6, 6.07) is 14.7. The number of fused-ring (bicyclic) bond motifs is 1. The number of nitrogens with zero attached hydrogens (tertiary/aromatic N) is 2. The van der Waals surface area contributed by atoms with E-state index in [1.807, 2.05) is 23.1 Å². The average Bonchev–Trinajstić information content (AvgIpc) is 2.83. The Balaban J connectivity index is 1.25. The Kier molecular flexibility index (Phi) is 6.68. The first-order valence-corrected chi connectivity index (χ1v) is 11.0. The summed E-state index contributed by atoms with van der Waals surface area (Å²) in [4.78, 5) is 37.7. The minimum absolute atomic E-state index is 0.0453. The molecule has 0 radical (unpaired) electrons.